The molecule has 28 heavy (non-hydrogen) atoms. The second kappa shape index (κ2) is 6.64. The maximum absolute atomic E-state index is 13.6. The first-order valence-corrected chi connectivity index (χ1v) is 9.52. The molecule has 0 aromatic heterocycles. The van der Waals surface area contributed by atoms with E-state index in [2.05, 4.69) is 0 Å². The fraction of sp³-hybridized carbons (Fsp3) is 0.278. The molecule has 0 unspecified atom stereocenters. The van der Waals surface area contributed by atoms with Gasteiger partial charge in [0.15, 0.2) is 11.6 Å². The molecule has 3 heterocycles. The lowest BCUT2D eigenvalue weighted by Gasteiger charge is -2.47. The van der Waals surface area contributed by atoms with Crippen molar-refractivity contribution in [1.29, 1.82) is 0 Å². The molecule has 2 saturated heterocycles. The minimum atomic E-state index is -1.25. The van der Waals surface area contributed by atoms with E-state index in [1.165, 1.54) is 39.8 Å². The highest BCUT2D eigenvalue weighted by Crippen LogP contribution is 2.40. The summed E-state index contributed by atoms with van der Waals surface area (Å²) in [5, 5.41) is 18.5. The van der Waals surface area contributed by atoms with Crippen molar-refractivity contribution in [3.8, 4) is 5.75 Å². The second-order valence-electron chi connectivity index (χ2n) is 6.63. The third-order valence-corrected chi connectivity index (χ3v) is 6.28. The largest absolute Gasteiger partial charge is 0.505 e. The average Bonchev–Trinajstić information content (AvgIpc) is 3.03. The topological polar surface area (TPSA) is 124 Å². The zero-order chi connectivity index (χ0) is 20.2. The molecule has 2 fully saturated rings. The Balaban J connectivity index is 1.65. The van der Waals surface area contributed by atoms with E-state index >= 15 is 0 Å². The quantitative estimate of drug-likeness (QED) is 0.501. The number of carboxylic acid groups (broad SMARTS) is 1. The molecule has 8 nitrogen and oxygen atoms in total. The highest BCUT2D eigenvalue weighted by atomic mass is 32.2. The molecule has 2 amide bonds. The van der Waals surface area contributed by atoms with Gasteiger partial charge in [0.25, 0.3) is 5.91 Å². The molecule has 1 aromatic rings. The van der Waals surface area contributed by atoms with Gasteiger partial charge in [-0.2, -0.15) is 0 Å². The number of rotatable bonds is 3. The van der Waals surface area contributed by atoms with Crippen LogP contribution in [0.4, 0.5) is 10.1 Å². The molecular weight excluding hydrogens is 389 g/mol. The number of allylic oxidation sites excluding steroid dienone is 1. The molecule has 3 aliphatic heterocycles. The fourth-order valence-corrected chi connectivity index (χ4v) is 4.77. The number of aliphatic carboxylic acids is 1. The monoisotopic (exact) mass is 405 g/mol. The summed E-state index contributed by atoms with van der Waals surface area (Å²) in [6.45, 7) is 0.299. The predicted octanol–water partition coefficient (Wildman–Crippen LogP) is 0.775. The number of β-lactam (4-membered cyclic amide) rings is 1. The maximum Gasteiger partial charge on any atom is 0.352 e. The molecule has 0 radical (unpaired) electrons. The van der Waals surface area contributed by atoms with Crippen LogP contribution in [0.2, 0.25) is 0 Å². The standard InChI is InChI=1S/C18H16FN3O5S/c19-11-6-10(1-2-12(11)23)21-4-3-8(15(21)24)5-9-7-28-17-13(20)16(25)22(17)14(9)18(26)27/h1-2,5-6,13,17,23H,3-4,7,20H2,(H,26,27)/t13-,17-/m1/s1. The Morgan fingerprint density at radius 1 is 1.36 bits per heavy atom. The lowest BCUT2D eigenvalue weighted by atomic mass is 10.0. The average molecular weight is 405 g/mol. The third kappa shape index (κ3) is 2.76. The van der Waals surface area contributed by atoms with Gasteiger partial charge in [-0.05, 0) is 30.2 Å². The summed E-state index contributed by atoms with van der Waals surface area (Å²) in [5.41, 5.74) is 6.62. The lowest BCUT2D eigenvalue weighted by molar-refractivity contribution is -0.147. The van der Waals surface area contributed by atoms with E-state index in [-0.39, 0.29) is 11.6 Å². The summed E-state index contributed by atoms with van der Waals surface area (Å²) in [6.07, 6.45) is 1.85. The number of aromatic hydroxyl groups is 1. The molecule has 4 N–H and O–H groups in total. The van der Waals surface area contributed by atoms with Crippen LogP contribution in [0.5, 0.6) is 5.75 Å². The Bertz CT molecular complexity index is 976. The molecule has 0 spiro atoms. The Morgan fingerprint density at radius 3 is 2.79 bits per heavy atom. The zero-order valence-electron chi connectivity index (χ0n) is 14.5. The summed E-state index contributed by atoms with van der Waals surface area (Å²) in [6, 6.07) is 2.95. The number of phenols is 1. The third-order valence-electron chi connectivity index (χ3n) is 4.96. The van der Waals surface area contributed by atoms with E-state index in [0.29, 0.717) is 35.6 Å². The first kappa shape index (κ1) is 18.5. The Morgan fingerprint density at radius 2 is 2.11 bits per heavy atom. The molecule has 0 bridgehead atoms. The number of nitrogens with two attached hydrogens (primary N) is 1. The van der Waals surface area contributed by atoms with Crippen LogP contribution in [-0.4, -0.2) is 56.6 Å². The van der Waals surface area contributed by atoms with Crippen LogP contribution in [0.25, 0.3) is 0 Å². The summed E-state index contributed by atoms with van der Waals surface area (Å²) in [4.78, 5) is 39.0. The normalized spacial score (nSPS) is 26.0. The molecule has 2 atom stereocenters. The molecular formula is C18H16FN3O5S. The molecule has 3 aliphatic rings. The Labute approximate surface area is 163 Å². The van der Waals surface area contributed by atoms with Crippen molar-refractivity contribution < 1.29 is 29.0 Å². The van der Waals surface area contributed by atoms with E-state index < -0.39 is 34.9 Å². The van der Waals surface area contributed by atoms with Crippen molar-refractivity contribution in [3.05, 3.63) is 46.9 Å². The summed E-state index contributed by atoms with van der Waals surface area (Å²) in [7, 11) is 0. The number of carbonyl (C=O) groups excluding carboxylic acids is 2. The lowest BCUT2D eigenvalue weighted by Crippen LogP contribution is -2.68. The van der Waals surface area contributed by atoms with Gasteiger partial charge in [0, 0.05) is 29.6 Å². The van der Waals surface area contributed by atoms with Crippen molar-refractivity contribution >= 4 is 35.2 Å². The summed E-state index contributed by atoms with van der Waals surface area (Å²) in [5.74, 6) is -3.10. The van der Waals surface area contributed by atoms with Crippen LogP contribution in [-0.2, 0) is 14.4 Å². The van der Waals surface area contributed by atoms with Crippen LogP contribution >= 0.6 is 11.8 Å². The number of halogens is 1. The molecule has 0 saturated carbocycles. The molecule has 4 rings (SSSR count). The molecule has 0 aliphatic carbocycles. The van der Waals surface area contributed by atoms with Gasteiger partial charge >= 0.3 is 5.97 Å². The van der Waals surface area contributed by atoms with Gasteiger partial charge in [-0.3, -0.25) is 14.5 Å². The zero-order valence-corrected chi connectivity index (χ0v) is 15.3. The van der Waals surface area contributed by atoms with E-state index in [1.54, 1.807) is 0 Å². The van der Waals surface area contributed by atoms with E-state index in [4.69, 9.17) is 5.73 Å². The van der Waals surface area contributed by atoms with Crippen molar-refractivity contribution in [2.24, 2.45) is 5.73 Å². The Hall–Kier alpha value is -2.85. The number of hydrogen-bond acceptors (Lipinski definition) is 6. The molecule has 1 aromatic carbocycles. The number of fused-ring (bicyclic) bond motifs is 1. The highest BCUT2D eigenvalue weighted by Gasteiger charge is 2.51. The number of hydrogen-bond donors (Lipinski definition) is 3. The van der Waals surface area contributed by atoms with E-state index in [9.17, 15) is 29.0 Å². The number of anilines is 1. The van der Waals surface area contributed by atoms with Crippen molar-refractivity contribution in [1.82, 2.24) is 4.90 Å². The molecule has 10 heteroatoms. The number of phenolic OH excluding ortho intramolecular Hbond substituents is 1. The van der Waals surface area contributed by atoms with Crippen LogP contribution in [0.15, 0.2) is 41.1 Å². The fourth-order valence-electron chi connectivity index (χ4n) is 3.52. The summed E-state index contributed by atoms with van der Waals surface area (Å²) < 4.78 is 13.6. The SMILES string of the molecule is N[C@@H]1C(=O)N2C(C(=O)O)=C(C=C3CCN(c4ccc(O)c(F)c4)C3=O)CS[C@H]12. The molecule has 146 valence electrons. The second-order valence-corrected chi connectivity index (χ2v) is 7.73. The first-order valence-electron chi connectivity index (χ1n) is 8.47. The minimum Gasteiger partial charge on any atom is -0.505 e. The van der Waals surface area contributed by atoms with Gasteiger partial charge in [-0.15, -0.1) is 11.8 Å². The van der Waals surface area contributed by atoms with Gasteiger partial charge in [-0.1, -0.05) is 0 Å². The van der Waals surface area contributed by atoms with Crippen LogP contribution < -0.4 is 10.6 Å². The van der Waals surface area contributed by atoms with Gasteiger partial charge in [0.05, 0.1) is 0 Å². The van der Waals surface area contributed by atoms with Crippen molar-refractivity contribution in [2.45, 2.75) is 17.8 Å². The van der Waals surface area contributed by atoms with Gasteiger partial charge in [0.2, 0.25) is 5.91 Å². The highest BCUT2D eigenvalue weighted by molar-refractivity contribution is 8.00. The number of carbonyl (C=O) groups is 3. The van der Waals surface area contributed by atoms with Crippen molar-refractivity contribution in [2.75, 3.05) is 17.2 Å². The van der Waals surface area contributed by atoms with Crippen molar-refractivity contribution in [3.63, 3.8) is 0 Å². The van der Waals surface area contributed by atoms with E-state index in [1.807, 2.05) is 0 Å². The number of amides is 2. The number of thioether (sulfide) groups is 1. The first-order chi connectivity index (χ1) is 13.3. The number of benzene rings is 1. The predicted molar refractivity (Wildman–Crippen MR) is 98.8 cm³/mol. The summed E-state index contributed by atoms with van der Waals surface area (Å²) >= 11 is 1.35. The number of nitrogens with zero attached hydrogens (tertiary/aromatic N) is 2. The number of carboxylic acids is 1. The van der Waals surface area contributed by atoms with Gasteiger partial charge < -0.3 is 20.8 Å². The van der Waals surface area contributed by atoms with Gasteiger partial charge in [0.1, 0.15) is 17.1 Å². The Kier molecular flexibility index (Phi) is 4.39. The minimum absolute atomic E-state index is 0.148. The van der Waals surface area contributed by atoms with Gasteiger partial charge in [-0.25, -0.2) is 9.18 Å². The maximum atomic E-state index is 13.6. The van der Waals surface area contributed by atoms with E-state index in [0.717, 1.165) is 6.07 Å². The van der Waals surface area contributed by atoms with Crippen LogP contribution in [0.3, 0.4) is 0 Å². The van der Waals surface area contributed by atoms with Crippen LogP contribution in [0, 0.1) is 5.82 Å². The smallest absolute Gasteiger partial charge is 0.352 e. The van der Waals surface area contributed by atoms with Crippen LogP contribution in [0.1, 0.15) is 6.42 Å².